The molecule has 5 heteroatoms. The van der Waals surface area contributed by atoms with E-state index in [1.807, 2.05) is 12.1 Å². The minimum Gasteiger partial charge on any atom is -0.507 e. The molecule has 1 aliphatic rings. The summed E-state index contributed by atoms with van der Waals surface area (Å²) >= 11 is 0. The molecule has 0 saturated heterocycles. The topological polar surface area (TPSA) is 63.1 Å². The third-order valence-corrected chi connectivity index (χ3v) is 2.35. The smallest absolute Gasteiger partial charge is 0.138 e. The standard InChI is InChI=1S/C12H14N2O3/c1-16-14-12(10-6-4-8-17-13-10)9-5-2-3-7-11(9)15/h2-3,5-7,13,15H,4,8H2,1H3. The highest BCUT2D eigenvalue weighted by Gasteiger charge is 2.16. The van der Waals surface area contributed by atoms with Crippen LogP contribution < -0.4 is 5.48 Å². The van der Waals surface area contributed by atoms with E-state index in [9.17, 15) is 5.11 Å². The van der Waals surface area contributed by atoms with Crippen molar-refractivity contribution in [3.05, 3.63) is 41.6 Å². The van der Waals surface area contributed by atoms with Crippen LogP contribution in [0.1, 0.15) is 12.0 Å². The van der Waals surface area contributed by atoms with Crippen LogP contribution in [0, 0.1) is 0 Å². The molecule has 2 N–H and O–H groups in total. The summed E-state index contributed by atoms with van der Waals surface area (Å²) in [5.74, 6) is 0.150. The number of phenolic OH excluding ortho intramolecular Hbond substituents is 1. The summed E-state index contributed by atoms with van der Waals surface area (Å²) in [5, 5.41) is 13.7. The summed E-state index contributed by atoms with van der Waals surface area (Å²) in [6.45, 7) is 0.616. The summed E-state index contributed by atoms with van der Waals surface area (Å²) in [4.78, 5) is 9.94. The van der Waals surface area contributed by atoms with Gasteiger partial charge >= 0.3 is 0 Å². The SMILES string of the molecule is CON=C(C1=CCCON1)c1ccccc1O. The predicted molar refractivity (Wildman–Crippen MR) is 63.4 cm³/mol. The number of para-hydroxylation sites is 1. The number of benzene rings is 1. The second-order valence-electron chi connectivity index (χ2n) is 3.50. The Labute approximate surface area is 99.3 Å². The van der Waals surface area contributed by atoms with Gasteiger partial charge in [0.2, 0.25) is 0 Å². The van der Waals surface area contributed by atoms with Crippen LogP contribution in [0.3, 0.4) is 0 Å². The summed E-state index contributed by atoms with van der Waals surface area (Å²) in [5.41, 5.74) is 4.58. The second kappa shape index (κ2) is 5.36. The zero-order valence-electron chi connectivity index (χ0n) is 9.51. The lowest BCUT2D eigenvalue weighted by atomic mass is 10.1. The number of aromatic hydroxyl groups is 1. The molecule has 0 aromatic heterocycles. The van der Waals surface area contributed by atoms with E-state index < -0.39 is 0 Å². The molecule has 1 aliphatic heterocycles. The number of hydrogen-bond donors (Lipinski definition) is 2. The molecule has 0 spiro atoms. The minimum atomic E-state index is 0.150. The molecule has 0 amide bonds. The molecule has 0 atom stereocenters. The minimum absolute atomic E-state index is 0.150. The number of hydrogen-bond acceptors (Lipinski definition) is 5. The predicted octanol–water partition coefficient (Wildman–Crippen LogP) is 1.55. The monoisotopic (exact) mass is 234 g/mol. The highest BCUT2D eigenvalue weighted by Crippen LogP contribution is 2.20. The molecule has 5 nitrogen and oxygen atoms in total. The first-order chi connectivity index (χ1) is 8.33. The van der Waals surface area contributed by atoms with Gasteiger partial charge in [0.25, 0.3) is 0 Å². The molecule has 0 fully saturated rings. The molecule has 0 unspecified atom stereocenters. The molecular formula is C12H14N2O3. The Balaban J connectivity index is 2.39. The summed E-state index contributed by atoms with van der Waals surface area (Å²) in [7, 11) is 1.46. The Morgan fingerprint density at radius 3 is 2.94 bits per heavy atom. The van der Waals surface area contributed by atoms with Crippen LogP contribution >= 0.6 is 0 Å². The first-order valence-corrected chi connectivity index (χ1v) is 5.31. The molecule has 90 valence electrons. The Kier molecular flexibility index (Phi) is 3.62. The molecule has 0 radical (unpaired) electrons. The van der Waals surface area contributed by atoms with Crippen LogP contribution in [0.5, 0.6) is 5.75 Å². The molecule has 1 aromatic rings. The number of phenols is 1. The molecule has 1 aromatic carbocycles. The number of nitrogens with zero attached hydrogens (tertiary/aromatic N) is 1. The van der Waals surface area contributed by atoms with Crippen molar-refractivity contribution in [2.75, 3.05) is 13.7 Å². The van der Waals surface area contributed by atoms with Gasteiger partial charge < -0.3 is 9.94 Å². The van der Waals surface area contributed by atoms with Crippen LogP contribution in [0.4, 0.5) is 0 Å². The van der Waals surface area contributed by atoms with E-state index in [1.54, 1.807) is 18.2 Å². The molecule has 0 saturated carbocycles. The maximum atomic E-state index is 9.81. The van der Waals surface area contributed by atoms with Crippen molar-refractivity contribution in [2.24, 2.45) is 5.16 Å². The van der Waals surface area contributed by atoms with Crippen molar-refractivity contribution in [3.8, 4) is 5.75 Å². The Morgan fingerprint density at radius 2 is 2.29 bits per heavy atom. The number of nitrogens with one attached hydrogen (secondary N) is 1. The number of oxime groups is 1. The summed E-state index contributed by atoms with van der Waals surface area (Å²) in [6.07, 6.45) is 2.74. The van der Waals surface area contributed by atoms with Gasteiger partial charge in [0.05, 0.1) is 12.3 Å². The van der Waals surface area contributed by atoms with Crippen LogP contribution in [-0.4, -0.2) is 24.5 Å². The average Bonchev–Trinajstić information content (AvgIpc) is 2.38. The second-order valence-corrected chi connectivity index (χ2v) is 3.50. The zero-order valence-corrected chi connectivity index (χ0v) is 9.51. The highest BCUT2D eigenvalue weighted by molar-refractivity contribution is 6.13. The van der Waals surface area contributed by atoms with Gasteiger partial charge in [0, 0.05) is 5.56 Å². The van der Waals surface area contributed by atoms with Gasteiger partial charge in [-0.05, 0) is 18.6 Å². The van der Waals surface area contributed by atoms with Crippen LogP contribution in [-0.2, 0) is 9.68 Å². The molecule has 1 heterocycles. The van der Waals surface area contributed by atoms with Crippen molar-refractivity contribution in [2.45, 2.75) is 6.42 Å². The lowest BCUT2D eigenvalue weighted by Gasteiger charge is -2.17. The van der Waals surface area contributed by atoms with Gasteiger partial charge in [-0.25, -0.2) is 0 Å². The third kappa shape index (κ3) is 2.57. The fourth-order valence-corrected chi connectivity index (χ4v) is 1.59. The maximum absolute atomic E-state index is 9.81. The lowest BCUT2D eigenvalue weighted by molar-refractivity contribution is 0.0601. The zero-order chi connectivity index (χ0) is 12.1. The molecular weight excluding hydrogens is 220 g/mol. The van der Waals surface area contributed by atoms with E-state index in [1.165, 1.54) is 7.11 Å². The molecule has 0 aliphatic carbocycles. The normalized spacial score (nSPS) is 16.1. The Bertz CT molecular complexity index is 455. The van der Waals surface area contributed by atoms with Crippen molar-refractivity contribution < 1.29 is 14.8 Å². The van der Waals surface area contributed by atoms with Crippen LogP contribution in [0.25, 0.3) is 0 Å². The highest BCUT2D eigenvalue weighted by atomic mass is 16.6. The van der Waals surface area contributed by atoms with Gasteiger partial charge in [-0.15, -0.1) is 0 Å². The van der Waals surface area contributed by atoms with E-state index in [0.717, 1.165) is 6.42 Å². The fraction of sp³-hybridized carbons (Fsp3) is 0.250. The average molecular weight is 234 g/mol. The van der Waals surface area contributed by atoms with Gasteiger partial charge in [0.15, 0.2) is 0 Å². The fourth-order valence-electron chi connectivity index (χ4n) is 1.59. The summed E-state index contributed by atoms with van der Waals surface area (Å²) < 4.78 is 0. The van der Waals surface area contributed by atoms with Gasteiger partial charge in [0.1, 0.15) is 18.6 Å². The van der Waals surface area contributed by atoms with Gasteiger partial charge in [-0.1, -0.05) is 23.4 Å². The summed E-state index contributed by atoms with van der Waals surface area (Å²) in [6, 6.07) is 6.95. The maximum Gasteiger partial charge on any atom is 0.138 e. The Hall–Kier alpha value is -2.01. The number of hydroxylamine groups is 1. The lowest BCUT2D eigenvalue weighted by Crippen LogP contribution is -2.26. The van der Waals surface area contributed by atoms with Crippen LogP contribution in [0.15, 0.2) is 41.2 Å². The molecule has 2 rings (SSSR count). The first-order valence-electron chi connectivity index (χ1n) is 5.31. The van der Waals surface area contributed by atoms with E-state index in [4.69, 9.17) is 9.68 Å². The van der Waals surface area contributed by atoms with E-state index in [-0.39, 0.29) is 5.75 Å². The number of rotatable bonds is 3. The van der Waals surface area contributed by atoms with E-state index >= 15 is 0 Å². The quantitative estimate of drug-likeness (QED) is 0.615. The van der Waals surface area contributed by atoms with E-state index in [0.29, 0.717) is 23.6 Å². The van der Waals surface area contributed by atoms with Crippen molar-refractivity contribution in [3.63, 3.8) is 0 Å². The molecule has 17 heavy (non-hydrogen) atoms. The van der Waals surface area contributed by atoms with Crippen molar-refractivity contribution in [1.82, 2.24) is 5.48 Å². The van der Waals surface area contributed by atoms with Crippen LogP contribution in [0.2, 0.25) is 0 Å². The van der Waals surface area contributed by atoms with Crippen molar-refractivity contribution in [1.29, 1.82) is 0 Å². The first kappa shape index (κ1) is 11.5. The third-order valence-electron chi connectivity index (χ3n) is 2.35. The number of allylic oxidation sites excluding steroid dienone is 1. The van der Waals surface area contributed by atoms with Gasteiger partial charge in [-0.2, -0.15) is 0 Å². The van der Waals surface area contributed by atoms with E-state index in [2.05, 4.69) is 10.6 Å². The Morgan fingerprint density at radius 1 is 1.47 bits per heavy atom. The van der Waals surface area contributed by atoms with Crippen molar-refractivity contribution >= 4 is 5.71 Å². The molecule has 0 bridgehead atoms. The van der Waals surface area contributed by atoms with Gasteiger partial charge in [-0.3, -0.25) is 10.3 Å². The largest absolute Gasteiger partial charge is 0.507 e.